The number of phenols is 1. The van der Waals surface area contributed by atoms with Gasteiger partial charge in [0.2, 0.25) is 0 Å². The number of hydrogen-bond acceptors (Lipinski definition) is 3. The summed E-state index contributed by atoms with van der Waals surface area (Å²) in [5, 5.41) is 18.6. The zero-order chi connectivity index (χ0) is 22.8. The first-order chi connectivity index (χ1) is 14.4. The van der Waals surface area contributed by atoms with Gasteiger partial charge in [-0.05, 0) is 40.7 Å². The standard InChI is InChI=1S/C26H36ClN3O/c1-25(2,3)22-15-20(16-23(24(22)31)26(4,5)6)17-28-30-13-11-29(12-14-30)18-19-7-9-21(27)10-8-19/h7-10,15-17,31H,11-14,18H2,1-6H3/p+1/b28-17+. The van der Waals surface area contributed by atoms with E-state index >= 15 is 0 Å². The van der Waals surface area contributed by atoms with Crippen molar-refractivity contribution in [3.05, 3.63) is 63.7 Å². The molecule has 1 saturated heterocycles. The van der Waals surface area contributed by atoms with E-state index in [1.54, 1.807) is 4.90 Å². The summed E-state index contributed by atoms with van der Waals surface area (Å²) in [5.41, 5.74) is 4.04. The molecule has 0 radical (unpaired) electrons. The molecule has 0 atom stereocenters. The molecule has 2 aromatic carbocycles. The van der Waals surface area contributed by atoms with Gasteiger partial charge in [0.15, 0.2) is 0 Å². The molecule has 0 aliphatic carbocycles. The molecule has 1 aliphatic heterocycles. The van der Waals surface area contributed by atoms with Crippen molar-refractivity contribution >= 4 is 17.8 Å². The quantitative estimate of drug-likeness (QED) is 0.690. The third-order valence-corrected chi connectivity index (χ3v) is 6.18. The van der Waals surface area contributed by atoms with E-state index in [2.05, 4.69) is 70.8 Å². The zero-order valence-corrected chi connectivity index (χ0v) is 20.6. The maximum atomic E-state index is 10.9. The Hall–Kier alpha value is -2.04. The SMILES string of the molecule is CC(C)(C)c1cc(/C=N/N2CC[NH+](Cc3ccc(Cl)cc3)CC2)cc(C(C)(C)C)c1O. The highest BCUT2D eigenvalue weighted by Crippen LogP contribution is 2.39. The molecular weight excluding hydrogens is 406 g/mol. The highest BCUT2D eigenvalue weighted by Gasteiger charge is 2.26. The topological polar surface area (TPSA) is 40.3 Å². The fraction of sp³-hybridized carbons (Fsp3) is 0.500. The number of nitrogens with one attached hydrogen (secondary N) is 1. The summed E-state index contributed by atoms with van der Waals surface area (Å²) in [4.78, 5) is 1.57. The number of hydrazone groups is 1. The average Bonchev–Trinajstić information content (AvgIpc) is 2.68. The monoisotopic (exact) mass is 442 g/mol. The van der Waals surface area contributed by atoms with Crippen LogP contribution in [0.15, 0.2) is 41.5 Å². The van der Waals surface area contributed by atoms with Crippen LogP contribution in [0, 0.1) is 0 Å². The number of quaternary nitrogens is 1. The van der Waals surface area contributed by atoms with E-state index in [-0.39, 0.29) is 10.8 Å². The summed E-state index contributed by atoms with van der Waals surface area (Å²) < 4.78 is 0. The predicted molar refractivity (Wildman–Crippen MR) is 131 cm³/mol. The van der Waals surface area contributed by atoms with Gasteiger partial charge in [-0.15, -0.1) is 0 Å². The number of rotatable bonds is 4. The van der Waals surface area contributed by atoms with Crippen LogP contribution in [0.3, 0.4) is 0 Å². The zero-order valence-electron chi connectivity index (χ0n) is 19.8. The Labute approximate surface area is 192 Å². The molecular formula is C26H37ClN3O+. The van der Waals surface area contributed by atoms with Gasteiger partial charge in [-0.2, -0.15) is 5.10 Å². The smallest absolute Gasteiger partial charge is 0.123 e. The van der Waals surface area contributed by atoms with Crippen LogP contribution in [0.5, 0.6) is 5.75 Å². The second kappa shape index (κ2) is 9.22. The van der Waals surface area contributed by atoms with Crippen molar-refractivity contribution in [1.29, 1.82) is 0 Å². The largest absolute Gasteiger partial charge is 0.507 e. The van der Waals surface area contributed by atoms with E-state index in [1.807, 2.05) is 18.3 Å². The van der Waals surface area contributed by atoms with E-state index in [0.29, 0.717) is 5.75 Å². The molecule has 4 nitrogen and oxygen atoms in total. The van der Waals surface area contributed by atoms with Gasteiger partial charge >= 0.3 is 0 Å². The first-order valence-corrected chi connectivity index (χ1v) is 11.6. The van der Waals surface area contributed by atoms with Crippen LogP contribution < -0.4 is 4.90 Å². The van der Waals surface area contributed by atoms with Crippen molar-refractivity contribution in [2.75, 3.05) is 26.2 Å². The van der Waals surface area contributed by atoms with Crippen molar-refractivity contribution in [2.24, 2.45) is 5.10 Å². The molecule has 0 amide bonds. The van der Waals surface area contributed by atoms with Crippen molar-refractivity contribution in [3.8, 4) is 5.75 Å². The van der Waals surface area contributed by atoms with Gasteiger partial charge in [0, 0.05) is 21.7 Å². The van der Waals surface area contributed by atoms with Gasteiger partial charge in [0.05, 0.1) is 32.4 Å². The predicted octanol–water partition coefficient (Wildman–Crippen LogP) is 4.38. The van der Waals surface area contributed by atoms with Crippen LogP contribution in [0.2, 0.25) is 5.02 Å². The molecule has 0 unspecified atom stereocenters. The Morgan fingerprint density at radius 1 is 0.968 bits per heavy atom. The number of hydrogen-bond donors (Lipinski definition) is 2. The molecule has 2 N–H and O–H groups in total. The third-order valence-electron chi connectivity index (χ3n) is 5.93. The van der Waals surface area contributed by atoms with E-state index in [1.165, 1.54) is 5.56 Å². The summed E-state index contributed by atoms with van der Waals surface area (Å²) in [6.07, 6.45) is 1.95. The van der Waals surface area contributed by atoms with Crippen LogP contribution >= 0.6 is 11.6 Å². The average molecular weight is 443 g/mol. The lowest BCUT2D eigenvalue weighted by Gasteiger charge is -2.30. The molecule has 2 aromatic rings. The summed E-state index contributed by atoms with van der Waals surface area (Å²) in [6, 6.07) is 12.3. The minimum Gasteiger partial charge on any atom is -0.507 e. The van der Waals surface area contributed by atoms with Gasteiger partial charge in [-0.1, -0.05) is 65.3 Å². The lowest BCUT2D eigenvalue weighted by molar-refractivity contribution is -0.918. The van der Waals surface area contributed by atoms with Crippen LogP contribution in [0.1, 0.15) is 63.8 Å². The highest BCUT2D eigenvalue weighted by atomic mass is 35.5. The fourth-order valence-electron chi connectivity index (χ4n) is 4.02. The van der Waals surface area contributed by atoms with Crippen LogP contribution in [0.25, 0.3) is 0 Å². The number of halogens is 1. The first kappa shape index (κ1) is 23.6. The van der Waals surface area contributed by atoms with Gasteiger partial charge in [-0.25, -0.2) is 0 Å². The normalized spacial score (nSPS) is 16.3. The van der Waals surface area contributed by atoms with Crippen LogP contribution in [-0.2, 0) is 17.4 Å². The maximum Gasteiger partial charge on any atom is 0.123 e. The lowest BCUT2D eigenvalue weighted by atomic mass is 9.78. The summed E-state index contributed by atoms with van der Waals surface area (Å²) in [7, 11) is 0. The second-order valence-corrected chi connectivity index (χ2v) is 11.2. The highest BCUT2D eigenvalue weighted by molar-refractivity contribution is 6.30. The number of piperazine rings is 1. The summed E-state index contributed by atoms with van der Waals surface area (Å²) in [6.45, 7) is 17.9. The van der Waals surface area contributed by atoms with Gasteiger partial charge < -0.3 is 10.0 Å². The lowest BCUT2D eigenvalue weighted by Crippen LogP contribution is -3.13. The third kappa shape index (κ3) is 6.24. The van der Waals surface area contributed by atoms with Crippen LogP contribution in [-0.4, -0.2) is 42.5 Å². The molecule has 1 aliphatic rings. The van der Waals surface area contributed by atoms with Crippen LogP contribution in [0.4, 0.5) is 0 Å². The van der Waals surface area contributed by atoms with E-state index in [4.69, 9.17) is 16.7 Å². The Morgan fingerprint density at radius 2 is 1.48 bits per heavy atom. The maximum absolute atomic E-state index is 10.9. The van der Waals surface area contributed by atoms with Gasteiger partial charge in [-0.3, -0.25) is 5.01 Å². The molecule has 0 spiro atoms. The molecule has 31 heavy (non-hydrogen) atoms. The molecule has 0 bridgehead atoms. The van der Waals surface area contributed by atoms with Crippen molar-refractivity contribution in [2.45, 2.75) is 58.9 Å². The van der Waals surface area contributed by atoms with E-state index in [0.717, 1.165) is 54.4 Å². The molecule has 1 heterocycles. The first-order valence-electron chi connectivity index (χ1n) is 11.2. The van der Waals surface area contributed by atoms with Crippen molar-refractivity contribution in [3.63, 3.8) is 0 Å². The molecule has 3 rings (SSSR count). The van der Waals surface area contributed by atoms with Gasteiger partial charge in [0.1, 0.15) is 12.3 Å². The molecule has 1 fully saturated rings. The van der Waals surface area contributed by atoms with Crippen molar-refractivity contribution in [1.82, 2.24) is 5.01 Å². The van der Waals surface area contributed by atoms with E-state index in [9.17, 15) is 5.11 Å². The minimum atomic E-state index is -0.134. The molecule has 0 aromatic heterocycles. The van der Waals surface area contributed by atoms with E-state index < -0.39 is 0 Å². The molecule has 0 saturated carbocycles. The molecule has 168 valence electrons. The fourth-order valence-corrected chi connectivity index (χ4v) is 4.14. The Balaban J connectivity index is 1.69. The Morgan fingerprint density at radius 3 is 1.97 bits per heavy atom. The summed E-state index contributed by atoms with van der Waals surface area (Å²) in [5.74, 6) is 0.413. The second-order valence-electron chi connectivity index (χ2n) is 10.7. The number of nitrogens with zero attached hydrogens (tertiary/aromatic N) is 2. The number of phenolic OH excluding ortho intramolecular Hbond substituents is 1. The number of aromatic hydroxyl groups is 1. The minimum absolute atomic E-state index is 0.134. The Kier molecular flexibility index (Phi) is 7.02. The van der Waals surface area contributed by atoms with Crippen molar-refractivity contribution < 1.29 is 10.0 Å². The van der Waals surface area contributed by atoms with Gasteiger partial charge in [0.25, 0.3) is 0 Å². The Bertz CT molecular complexity index is 880. The summed E-state index contributed by atoms with van der Waals surface area (Å²) >= 11 is 5.99. The molecule has 5 heteroatoms. The number of benzene rings is 2.